The van der Waals surface area contributed by atoms with E-state index in [0.29, 0.717) is 19.3 Å². The molecule has 0 amide bonds. The molecule has 1 atom stereocenters. The zero-order valence-electron chi connectivity index (χ0n) is 51.7. The summed E-state index contributed by atoms with van der Waals surface area (Å²) in [4.78, 5) is 38.4. The molecule has 0 aromatic heterocycles. The number of unbranched alkanes of at least 4 members (excludes halogenated alkanes) is 36. The summed E-state index contributed by atoms with van der Waals surface area (Å²) in [5.41, 5.74) is 0. The lowest BCUT2D eigenvalue weighted by Gasteiger charge is -2.18. The molecule has 0 bridgehead atoms. The van der Waals surface area contributed by atoms with Gasteiger partial charge in [0.2, 0.25) is 0 Å². The molecular weight excluding hydrogens is 961 g/mol. The van der Waals surface area contributed by atoms with Crippen LogP contribution < -0.4 is 0 Å². The Bertz CT molecular complexity index is 1480. The van der Waals surface area contributed by atoms with Gasteiger partial charge in [-0.1, -0.05) is 286 Å². The summed E-state index contributed by atoms with van der Waals surface area (Å²) in [6.45, 7) is 6.54. The third-order valence-electron chi connectivity index (χ3n) is 14.6. The quantitative estimate of drug-likeness (QED) is 0.0261. The van der Waals surface area contributed by atoms with Gasteiger partial charge in [0.05, 0.1) is 0 Å². The molecule has 450 valence electrons. The Balaban J connectivity index is 4.34. The van der Waals surface area contributed by atoms with E-state index in [1.54, 1.807) is 0 Å². The molecule has 6 nitrogen and oxygen atoms in total. The summed E-state index contributed by atoms with van der Waals surface area (Å²) in [6.07, 6.45) is 87.3. The maximum absolute atomic E-state index is 12.9. The van der Waals surface area contributed by atoms with Crippen molar-refractivity contribution in [2.75, 3.05) is 13.2 Å². The predicted molar refractivity (Wildman–Crippen MR) is 339 cm³/mol. The summed E-state index contributed by atoms with van der Waals surface area (Å²) in [5, 5.41) is 0. The molecule has 0 aliphatic heterocycles. The minimum Gasteiger partial charge on any atom is -0.462 e. The molecule has 0 aliphatic carbocycles. The third-order valence-corrected chi connectivity index (χ3v) is 14.6. The van der Waals surface area contributed by atoms with Crippen LogP contribution in [-0.4, -0.2) is 37.2 Å². The first-order valence-corrected chi connectivity index (χ1v) is 33.6. The Morgan fingerprint density at radius 3 is 0.795 bits per heavy atom. The molecule has 0 fully saturated rings. The molecule has 0 saturated carbocycles. The zero-order chi connectivity index (χ0) is 56.4. The van der Waals surface area contributed by atoms with E-state index in [9.17, 15) is 14.4 Å². The summed E-state index contributed by atoms with van der Waals surface area (Å²) < 4.78 is 17.0. The number of carbonyl (C=O) groups excluding carboxylic acids is 3. The molecule has 0 spiro atoms. The highest BCUT2D eigenvalue weighted by Gasteiger charge is 2.19. The van der Waals surface area contributed by atoms with Gasteiger partial charge in [0, 0.05) is 19.3 Å². The Kier molecular flexibility index (Phi) is 63.2. The fraction of sp³-hybridized carbons (Fsp3) is 0.764. The highest BCUT2D eigenvalue weighted by molar-refractivity contribution is 5.71. The first-order chi connectivity index (χ1) is 38.5. The van der Waals surface area contributed by atoms with Crippen molar-refractivity contribution in [2.24, 2.45) is 0 Å². The van der Waals surface area contributed by atoms with Crippen LogP contribution in [0.1, 0.15) is 335 Å². The average Bonchev–Trinajstić information content (AvgIpc) is 3.44. The van der Waals surface area contributed by atoms with Crippen molar-refractivity contribution in [1.29, 1.82) is 0 Å². The smallest absolute Gasteiger partial charge is 0.306 e. The fourth-order valence-corrected chi connectivity index (χ4v) is 9.58. The van der Waals surface area contributed by atoms with Crippen LogP contribution in [0, 0.1) is 0 Å². The van der Waals surface area contributed by atoms with Crippen molar-refractivity contribution < 1.29 is 28.6 Å². The van der Waals surface area contributed by atoms with Gasteiger partial charge >= 0.3 is 17.9 Å². The van der Waals surface area contributed by atoms with Gasteiger partial charge < -0.3 is 14.2 Å². The standard InChI is InChI=1S/C72H126O6/c1-4-7-10-13-16-19-22-25-28-30-32-34-36-38-40-42-44-47-50-53-56-59-62-65-71(74)77-68-69(67-76-70(73)64-61-58-55-52-49-46-27-24-21-18-15-12-9-6-3)78-72(75)66-63-60-57-54-51-48-45-43-41-39-37-35-33-31-29-26-23-20-17-14-11-8-5-2/h7,10,16,19,23-28,31-34,69H,4-6,8-9,11-15,17-18,20-22,29-30,35-68H2,1-3H3/b10-7-,19-16-,26-23-,27-24-,28-25-,33-31-,34-32-. The zero-order valence-corrected chi connectivity index (χ0v) is 51.7. The van der Waals surface area contributed by atoms with E-state index < -0.39 is 6.10 Å². The third kappa shape index (κ3) is 63.4. The van der Waals surface area contributed by atoms with Crippen LogP contribution in [0.15, 0.2) is 85.1 Å². The number of carbonyl (C=O) groups is 3. The number of allylic oxidation sites excluding steroid dienone is 14. The summed E-state index contributed by atoms with van der Waals surface area (Å²) in [7, 11) is 0. The highest BCUT2D eigenvalue weighted by Crippen LogP contribution is 2.17. The van der Waals surface area contributed by atoms with E-state index in [1.807, 2.05) is 0 Å². The van der Waals surface area contributed by atoms with Gasteiger partial charge in [0.15, 0.2) is 6.10 Å². The molecule has 6 heteroatoms. The van der Waals surface area contributed by atoms with Crippen LogP contribution in [0.4, 0.5) is 0 Å². The molecule has 1 unspecified atom stereocenters. The van der Waals surface area contributed by atoms with E-state index >= 15 is 0 Å². The second-order valence-corrected chi connectivity index (χ2v) is 22.3. The lowest BCUT2D eigenvalue weighted by atomic mass is 10.0. The van der Waals surface area contributed by atoms with Crippen molar-refractivity contribution in [1.82, 2.24) is 0 Å². The number of hydrogen-bond acceptors (Lipinski definition) is 6. The second-order valence-electron chi connectivity index (χ2n) is 22.3. The Labute approximate surface area is 484 Å². The molecule has 0 saturated heterocycles. The second kappa shape index (κ2) is 66.1. The topological polar surface area (TPSA) is 78.9 Å². The van der Waals surface area contributed by atoms with Gasteiger partial charge in [0.25, 0.3) is 0 Å². The number of hydrogen-bond donors (Lipinski definition) is 0. The first kappa shape index (κ1) is 74.6. The van der Waals surface area contributed by atoms with Gasteiger partial charge in [-0.3, -0.25) is 14.4 Å². The van der Waals surface area contributed by atoms with Crippen molar-refractivity contribution in [3.05, 3.63) is 85.1 Å². The normalized spacial score (nSPS) is 12.6. The maximum Gasteiger partial charge on any atom is 0.306 e. The van der Waals surface area contributed by atoms with Crippen LogP contribution in [-0.2, 0) is 28.6 Å². The van der Waals surface area contributed by atoms with Crippen molar-refractivity contribution in [3.8, 4) is 0 Å². The Morgan fingerprint density at radius 2 is 0.500 bits per heavy atom. The lowest BCUT2D eigenvalue weighted by Crippen LogP contribution is -2.30. The monoisotopic (exact) mass is 1090 g/mol. The largest absolute Gasteiger partial charge is 0.462 e. The van der Waals surface area contributed by atoms with Gasteiger partial charge in [-0.05, 0) is 116 Å². The molecule has 0 aliphatic rings. The number of esters is 3. The van der Waals surface area contributed by atoms with Gasteiger partial charge in [-0.25, -0.2) is 0 Å². The summed E-state index contributed by atoms with van der Waals surface area (Å²) >= 11 is 0. The van der Waals surface area contributed by atoms with Gasteiger partial charge in [-0.15, -0.1) is 0 Å². The molecule has 0 N–H and O–H groups in total. The minimum atomic E-state index is -0.784. The van der Waals surface area contributed by atoms with E-state index in [4.69, 9.17) is 14.2 Å². The van der Waals surface area contributed by atoms with Crippen LogP contribution in [0.2, 0.25) is 0 Å². The van der Waals surface area contributed by atoms with Crippen molar-refractivity contribution in [3.63, 3.8) is 0 Å². The Hall–Kier alpha value is -3.41. The average molecular weight is 1090 g/mol. The fourth-order valence-electron chi connectivity index (χ4n) is 9.58. The van der Waals surface area contributed by atoms with Gasteiger partial charge in [0.1, 0.15) is 13.2 Å². The highest BCUT2D eigenvalue weighted by atomic mass is 16.6. The van der Waals surface area contributed by atoms with E-state index in [2.05, 4.69) is 106 Å². The molecular formula is C72H126O6. The van der Waals surface area contributed by atoms with Crippen LogP contribution in [0.5, 0.6) is 0 Å². The predicted octanol–water partition coefficient (Wildman–Crippen LogP) is 23.1. The van der Waals surface area contributed by atoms with Gasteiger partial charge in [-0.2, -0.15) is 0 Å². The minimum absolute atomic E-state index is 0.0805. The maximum atomic E-state index is 12.9. The molecule has 0 aromatic carbocycles. The molecule has 0 rings (SSSR count). The molecule has 0 radical (unpaired) electrons. The SMILES string of the molecule is CC/C=C\C/C=C\C/C=C\C/C=C\CCCCCCCCCCCCC(=O)OCC(COC(=O)CCCCCCC/C=C\CCCCCCC)OC(=O)CCCCCCCCCCCCC/C=C\C/C=C\CCCCCCC. The number of ether oxygens (including phenoxy) is 3. The van der Waals surface area contributed by atoms with Crippen molar-refractivity contribution in [2.45, 2.75) is 341 Å². The van der Waals surface area contributed by atoms with E-state index in [1.165, 1.54) is 199 Å². The molecule has 0 aromatic rings. The first-order valence-electron chi connectivity index (χ1n) is 33.6. The summed E-state index contributed by atoms with van der Waals surface area (Å²) in [5.74, 6) is -0.880. The molecule has 78 heavy (non-hydrogen) atoms. The number of rotatable bonds is 61. The van der Waals surface area contributed by atoms with Crippen molar-refractivity contribution >= 4 is 17.9 Å². The van der Waals surface area contributed by atoms with Crippen LogP contribution in [0.25, 0.3) is 0 Å². The lowest BCUT2D eigenvalue weighted by molar-refractivity contribution is -0.167. The van der Waals surface area contributed by atoms with E-state index in [0.717, 1.165) is 96.3 Å². The summed E-state index contributed by atoms with van der Waals surface area (Å²) in [6, 6.07) is 0. The van der Waals surface area contributed by atoms with E-state index in [-0.39, 0.29) is 31.1 Å². The Morgan fingerprint density at radius 1 is 0.269 bits per heavy atom. The van der Waals surface area contributed by atoms with Crippen LogP contribution >= 0.6 is 0 Å². The van der Waals surface area contributed by atoms with Crippen LogP contribution in [0.3, 0.4) is 0 Å². The molecule has 0 heterocycles.